The number of likely N-dealkylation sites (tertiary alicyclic amines) is 1. The number of hydrogen-bond acceptors (Lipinski definition) is 3. The number of nitrogens with zero attached hydrogens (tertiary/aromatic N) is 3. The normalized spacial score (nSPS) is 29.3. The van der Waals surface area contributed by atoms with E-state index in [4.69, 9.17) is 16.3 Å². The van der Waals surface area contributed by atoms with E-state index in [-0.39, 0.29) is 17.4 Å². The Morgan fingerprint density at radius 1 is 1.48 bits per heavy atom. The third kappa shape index (κ3) is 2.57. The van der Waals surface area contributed by atoms with Gasteiger partial charge < -0.3 is 9.64 Å². The van der Waals surface area contributed by atoms with E-state index in [0.29, 0.717) is 10.7 Å². The average Bonchev–Trinajstić information content (AvgIpc) is 3.01. The number of halogens is 1. The minimum atomic E-state index is -0.0542. The van der Waals surface area contributed by atoms with Gasteiger partial charge in [0, 0.05) is 38.9 Å². The third-order valence-electron chi connectivity index (χ3n) is 4.99. The van der Waals surface area contributed by atoms with Gasteiger partial charge in [0.05, 0.1) is 11.1 Å². The van der Waals surface area contributed by atoms with Crippen molar-refractivity contribution in [1.29, 1.82) is 0 Å². The number of rotatable bonds is 2. The summed E-state index contributed by atoms with van der Waals surface area (Å²) in [5.41, 5.74) is 0.493. The summed E-state index contributed by atoms with van der Waals surface area (Å²) in [5, 5.41) is 4.63. The molecule has 1 aromatic rings. The highest BCUT2D eigenvalue weighted by Gasteiger charge is 2.47. The molecule has 0 radical (unpaired) electrons. The molecule has 2 heterocycles. The van der Waals surface area contributed by atoms with Gasteiger partial charge in [0.2, 0.25) is 0 Å². The van der Waals surface area contributed by atoms with Gasteiger partial charge in [-0.1, -0.05) is 18.0 Å². The number of ether oxygens (including phenoxy) is 1. The van der Waals surface area contributed by atoms with E-state index < -0.39 is 0 Å². The summed E-state index contributed by atoms with van der Waals surface area (Å²) in [4.78, 5) is 14.6. The van der Waals surface area contributed by atoms with Gasteiger partial charge in [-0.2, -0.15) is 5.10 Å². The molecule has 1 spiro atoms. The second-order valence-corrected chi connectivity index (χ2v) is 6.72. The monoisotopic (exact) mass is 311 g/mol. The van der Waals surface area contributed by atoms with Gasteiger partial charge in [-0.05, 0) is 25.7 Å². The summed E-state index contributed by atoms with van der Waals surface area (Å²) >= 11 is 6.11. The summed E-state index contributed by atoms with van der Waals surface area (Å²) in [5.74, 6) is -0.0542. The zero-order valence-corrected chi connectivity index (χ0v) is 13.4. The molecule has 5 nitrogen and oxygen atoms in total. The first-order chi connectivity index (χ1) is 10.1. The van der Waals surface area contributed by atoms with Crippen LogP contribution >= 0.6 is 11.6 Å². The van der Waals surface area contributed by atoms with Crippen LogP contribution in [0, 0.1) is 5.41 Å². The summed E-state index contributed by atoms with van der Waals surface area (Å²) in [6, 6.07) is 0. The SMILES string of the molecule is CO[C@@H]1CCC[C@@]12CCCN(C(=O)c1nn(C)cc1Cl)C2. The third-order valence-corrected chi connectivity index (χ3v) is 5.27. The largest absolute Gasteiger partial charge is 0.381 e. The second kappa shape index (κ2) is 5.61. The topological polar surface area (TPSA) is 47.4 Å². The van der Waals surface area contributed by atoms with Crippen molar-refractivity contribution in [3.63, 3.8) is 0 Å². The van der Waals surface area contributed by atoms with E-state index in [1.54, 1.807) is 25.0 Å². The van der Waals surface area contributed by atoms with Gasteiger partial charge in [-0.25, -0.2) is 0 Å². The molecule has 0 bridgehead atoms. The highest BCUT2D eigenvalue weighted by atomic mass is 35.5. The van der Waals surface area contributed by atoms with Crippen molar-refractivity contribution in [2.45, 2.75) is 38.2 Å². The van der Waals surface area contributed by atoms with Crippen LogP contribution in [0.3, 0.4) is 0 Å². The molecule has 21 heavy (non-hydrogen) atoms. The fourth-order valence-electron chi connectivity index (χ4n) is 4.03. The number of amides is 1. The van der Waals surface area contributed by atoms with Crippen molar-refractivity contribution in [2.75, 3.05) is 20.2 Å². The standard InChI is InChI=1S/C15H22ClN3O2/c1-18-9-11(16)13(17-18)14(20)19-8-4-7-15(10-19)6-3-5-12(15)21-2/h9,12H,3-8,10H2,1-2H3/t12-,15+/m1/s1. The Balaban J connectivity index is 1.80. The second-order valence-electron chi connectivity index (χ2n) is 6.31. The molecule has 2 atom stereocenters. The first-order valence-corrected chi connectivity index (χ1v) is 7.95. The van der Waals surface area contributed by atoms with Gasteiger partial charge in [-0.3, -0.25) is 9.48 Å². The Bertz CT molecular complexity index is 545. The Kier molecular flexibility index (Phi) is 3.97. The van der Waals surface area contributed by atoms with Gasteiger partial charge in [0.25, 0.3) is 5.91 Å². The lowest BCUT2D eigenvalue weighted by Gasteiger charge is -2.43. The highest BCUT2D eigenvalue weighted by molar-refractivity contribution is 6.33. The van der Waals surface area contributed by atoms with E-state index in [1.807, 2.05) is 4.90 Å². The van der Waals surface area contributed by atoms with Crippen LogP contribution in [0.15, 0.2) is 6.20 Å². The maximum Gasteiger partial charge on any atom is 0.275 e. The lowest BCUT2D eigenvalue weighted by molar-refractivity contribution is -0.0296. The quantitative estimate of drug-likeness (QED) is 0.843. The Morgan fingerprint density at radius 3 is 2.90 bits per heavy atom. The number of hydrogen-bond donors (Lipinski definition) is 0. The van der Waals surface area contributed by atoms with Gasteiger partial charge >= 0.3 is 0 Å². The summed E-state index contributed by atoms with van der Waals surface area (Å²) < 4.78 is 7.27. The summed E-state index contributed by atoms with van der Waals surface area (Å²) in [6.45, 7) is 1.54. The summed E-state index contributed by atoms with van der Waals surface area (Å²) in [7, 11) is 3.56. The van der Waals surface area contributed by atoms with Crippen LogP contribution in [0.25, 0.3) is 0 Å². The molecule has 1 saturated heterocycles. The minimum absolute atomic E-state index is 0.0542. The van der Waals surface area contributed by atoms with Crippen molar-refractivity contribution in [3.8, 4) is 0 Å². The van der Waals surface area contributed by atoms with Crippen LogP contribution in [0.1, 0.15) is 42.6 Å². The van der Waals surface area contributed by atoms with E-state index in [9.17, 15) is 4.79 Å². The minimum Gasteiger partial charge on any atom is -0.381 e. The maximum atomic E-state index is 12.7. The molecule has 1 amide bonds. The van der Waals surface area contributed by atoms with E-state index in [1.165, 1.54) is 6.42 Å². The zero-order chi connectivity index (χ0) is 15.0. The number of carbonyl (C=O) groups excluding carboxylic acids is 1. The molecule has 1 aliphatic carbocycles. The van der Waals surface area contributed by atoms with Crippen LogP contribution in [0.4, 0.5) is 0 Å². The fourth-order valence-corrected chi connectivity index (χ4v) is 4.29. The lowest BCUT2D eigenvalue weighted by Crippen LogP contribution is -2.50. The molecule has 116 valence electrons. The van der Waals surface area contributed by atoms with Crippen molar-refractivity contribution < 1.29 is 9.53 Å². The molecule has 2 fully saturated rings. The molecule has 3 rings (SSSR count). The summed E-state index contributed by atoms with van der Waals surface area (Å²) in [6.07, 6.45) is 7.54. The Labute approximate surface area is 130 Å². The Hall–Kier alpha value is -1.07. The molecule has 0 N–H and O–H groups in total. The number of carbonyl (C=O) groups is 1. The first-order valence-electron chi connectivity index (χ1n) is 7.57. The van der Waals surface area contributed by atoms with Crippen LogP contribution in [-0.2, 0) is 11.8 Å². The first kappa shape index (κ1) is 14.9. The smallest absolute Gasteiger partial charge is 0.275 e. The maximum absolute atomic E-state index is 12.7. The molecule has 0 aromatic carbocycles. The Morgan fingerprint density at radius 2 is 2.24 bits per heavy atom. The van der Waals surface area contributed by atoms with Crippen molar-refractivity contribution in [1.82, 2.24) is 14.7 Å². The van der Waals surface area contributed by atoms with Crippen molar-refractivity contribution in [3.05, 3.63) is 16.9 Å². The lowest BCUT2D eigenvalue weighted by atomic mass is 9.76. The highest BCUT2D eigenvalue weighted by Crippen LogP contribution is 2.46. The van der Waals surface area contributed by atoms with Crippen LogP contribution in [-0.4, -0.2) is 46.9 Å². The molecule has 1 aliphatic heterocycles. The zero-order valence-electron chi connectivity index (χ0n) is 12.6. The van der Waals surface area contributed by atoms with Crippen molar-refractivity contribution >= 4 is 17.5 Å². The predicted molar refractivity (Wildman–Crippen MR) is 80.4 cm³/mol. The molecule has 6 heteroatoms. The van der Waals surface area contributed by atoms with Gasteiger partial charge in [0.15, 0.2) is 5.69 Å². The molecular weight excluding hydrogens is 290 g/mol. The molecular formula is C15H22ClN3O2. The molecule has 2 aliphatic rings. The fraction of sp³-hybridized carbons (Fsp3) is 0.733. The van der Waals surface area contributed by atoms with Gasteiger partial charge in [0.1, 0.15) is 0 Å². The molecule has 0 unspecified atom stereocenters. The van der Waals surface area contributed by atoms with E-state index in [2.05, 4.69) is 5.10 Å². The van der Waals surface area contributed by atoms with Crippen LogP contribution in [0.2, 0.25) is 5.02 Å². The number of methoxy groups -OCH3 is 1. The van der Waals surface area contributed by atoms with Crippen LogP contribution in [0.5, 0.6) is 0 Å². The van der Waals surface area contributed by atoms with E-state index in [0.717, 1.165) is 38.8 Å². The van der Waals surface area contributed by atoms with Gasteiger partial charge in [-0.15, -0.1) is 0 Å². The van der Waals surface area contributed by atoms with Crippen molar-refractivity contribution in [2.24, 2.45) is 12.5 Å². The predicted octanol–water partition coefficient (Wildman–Crippen LogP) is 2.49. The molecule has 1 aromatic heterocycles. The van der Waals surface area contributed by atoms with E-state index >= 15 is 0 Å². The molecule has 1 saturated carbocycles. The number of aryl methyl sites for hydroxylation is 1. The average molecular weight is 312 g/mol. The number of piperidine rings is 1. The number of aromatic nitrogens is 2. The van der Waals surface area contributed by atoms with Crippen LogP contribution < -0.4 is 0 Å².